The summed E-state index contributed by atoms with van der Waals surface area (Å²) in [6.45, 7) is 13.4. The molecule has 5 fully saturated rings. The van der Waals surface area contributed by atoms with Gasteiger partial charge < -0.3 is 96.3 Å². The van der Waals surface area contributed by atoms with Crippen LogP contribution in [0.5, 0.6) is 51.7 Å². The van der Waals surface area contributed by atoms with Gasteiger partial charge in [0.1, 0.15) is 114 Å². The number of carbonyl (C=O) groups excluding carboxylic acids is 9. The number of halogens is 2. The third kappa shape index (κ3) is 18.2. The molecule has 14 atom stereocenters. The van der Waals surface area contributed by atoms with Gasteiger partial charge in [0.25, 0.3) is 0 Å². The van der Waals surface area contributed by atoms with Crippen LogP contribution in [0.2, 0.25) is 10.0 Å². The fourth-order valence-corrected chi connectivity index (χ4v) is 18.6. The average molecular weight is 1650 g/mol. The summed E-state index contributed by atoms with van der Waals surface area (Å²) < 4.78 is 38.3. The van der Waals surface area contributed by atoms with Crippen LogP contribution in [0.15, 0.2) is 91.0 Å². The predicted octanol–water partition coefficient (Wildman–Crippen LogP) is 9.45. The summed E-state index contributed by atoms with van der Waals surface area (Å²) in [6, 6.07) is 9.49. The van der Waals surface area contributed by atoms with Crippen molar-refractivity contribution >= 4 is 76.2 Å². The molecule has 0 aromatic heterocycles. The van der Waals surface area contributed by atoms with Crippen molar-refractivity contribution in [2.24, 2.45) is 47.2 Å². The minimum Gasteiger partial charge on any atom is -0.508 e. The van der Waals surface area contributed by atoms with Crippen molar-refractivity contribution in [1.82, 2.24) is 26.2 Å². The Morgan fingerprint density at radius 2 is 1.26 bits per heavy atom. The number of amides is 6. The van der Waals surface area contributed by atoms with Gasteiger partial charge in [-0.2, -0.15) is 0 Å². The van der Waals surface area contributed by atoms with Gasteiger partial charge in [0, 0.05) is 49.9 Å². The van der Waals surface area contributed by atoms with Crippen LogP contribution >= 0.6 is 23.2 Å². The summed E-state index contributed by atoms with van der Waals surface area (Å²) in [5, 5.41) is 106. The molecule has 16 rings (SSSR count). The Morgan fingerprint density at radius 1 is 0.650 bits per heavy atom. The van der Waals surface area contributed by atoms with Crippen LogP contribution in [0.25, 0.3) is 11.1 Å². The predicted molar refractivity (Wildman–Crippen MR) is 422 cm³/mol. The number of hydrogen-bond acceptors (Lipinski definition) is 23. The molecule has 6 aromatic rings. The van der Waals surface area contributed by atoms with E-state index in [1.807, 2.05) is 19.1 Å². The van der Waals surface area contributed by atoms with E-state index in [9.17, 15) is 55.2 Å². The molecular formula is C86H98Cl2N6O23. The van der Waals surface area contributed by atoms with Crippen LogP contribution < -0.4 is 45.9 Å². The molecule has 6 heterocycles. The van der Waals surface area contributed by atoms with Gasteiger partial charge in [-0.3, -0.25) is 43.3 Å². The van der Waals surface area contributed by atoms with Crippen molar-refractivity contribution in [3.8, 4) is 62.9 Å². The number of aliphatic hydroxyl groups excluding tert-OH is 5. The number of hydrogen-bond donors (Lipinski definition) is 13. The SMILES string of the molecule is Cc1cc(C)c(OCC2OC(Oc3c4cc5cc3Oc3ccc(cc3Cl)[C@@H](O)[C@@H](NC(=O)[C@@H](CC(C)C)N(C)C(=O)OC(C)(C)C)C(=O)C[C@@H](CC(N)=O)C(=O)N[C@H]5C(=O)C[C@H]3C(=O)N[C@H](C(=O)N[C@H](C(=O)CC5C6CC7CC(C6)CC5C7)c5cc(O)cc(O)c5-c5cc3ccc5O)[C@H](O)c3ccc(c(Cl)c3)O4)C(O)C(O)C2O)c(C)c1. The highest BCUT2D eigenvalue weighted by Gasteiger charge is 2.51. The van der Waals surface area contributed by atoms with Crippen molar-refractivity contribution < 1.29 is 112 Å². The topological polar surface area (TPSA) is 448 Å². The highest BCUT2D eigenvalue weighted by Crippen LogP contribution is 2.58. The number of aryl methyl sites for hydroxylation is 3. The smallest absolute Gasteiger partial charge is 0.410 e. The van der Waals surface area contributed by atoms with Crippen LogP contribution in [-0.2, 0) is 47.8 Å². The van der Waals surface area contributed by atoms with E-state index in [0.29, 0.717) is 17.6 Å². The molecule has 1 saturated heterocycles. The van der Waals surface area contributed by atoms with Gasteiger partial charge in [0.2, 0.25) is 41.6 Å². The second-order valence-corrected chi connectivity index (χ2v) is 34.6. The average Bonchev–Trinajstić information content (AvgIpc) is 0.767. The van der Waals surface area contributed by atoms with Gasteiger partial charge in [-0.1, -0.05) is 72.9 Å². The van der Waals surface area contributed by atoms with Gasteiger partial charge in [0.05, 0.1) is 21.9 Å². The third-order valence-corrected chi connectivity index (χ3v) is 24.1. The first-order valence-electron chi connectivity index (χ1n) is 39.2. The number of ether oxygens (including phenoxy) is 6. The number of primary amides is 1. The molecular weight excluding hydrogens is 1560 g/mol. The summed E-state index contributed by atoms with van der Waals surface area (Å²) in [4.78, 5) is 138. The summed E-state index contributed by atoms with van der Waals surface area (Å²) in [5.74, 6) is -15.1. The zero-order valence-electron chi connectivity index (χ0n) is 66.0. The summed E-state index contributed by atoms with van der Waals surface area (Å²) in [5.41, 5.74) is 5.66. The van der Waals surface area contributed by atoms with E-state index in [-0.39, 0.29) is 97.0 Å². The lowest BCUT2D eigenvalue weighted by Gasteiger charge is -2.54. The molecule has 29 nitrogen and oxygen atoms in total. The molecule has 6 amide bonds. The van der Waals surface area contributed by atoms with E-state index in [0.717, 1.165) is 90.1 Å². The fourth-order valence-electron chi connectivity index (χ4n) is 18.1. The summed E-state index contributed by atoms with van der Waals surface area (Å²) in [7, 11) is 1.31. The lowest BCUT2D eigenvalue weighted by Crippen LogP contribution is -2.60. The van der Waals surface area contributed by atoms with E-state index in [1.54, 1.807) is 48.5 Å². The largest absolute Gasteiger partial charge is 0.508 e. The Labute approximate surface area is 684 Å². The number of Topliss-reactive ketones (excluding diaryl/α,β-unsaturated/α-hetero) is 3. The molecule has 31 heteroatoms. The van der Waals surface area contributed by atoms with Crippen LogP contribution in [-0.4, -0.2) is 167 Å². The molecule has 624 valence electrons. The second-order valence-electron chi connectivity index (χ2n) is 33.8. The number of nitrogens with one attached hydrogen (secondary N) is 4. The van der Waals surface area contributed by atoms with Crippen molar-refractivity contribution in [2.45, 2.75) is 204 Å². The Morgan fingerprint density at radius 3 is 1.85 bits per heavy atom. The number of aromatic hydroxyl groups is 3. The van der Waals surface area contributed by atoms with Gasteiger partial charge in [-0.05, 0) is 209 Å². The number of phenolic OH excluding ortho intramolecular Hbond substituents is 3. The number of rotatable bonds is 15. The fraction of sp³-hybridized carbons (Fsp3) is 0.477. The normalized spacial score (nSPS) is 27.9. The number of aliphatic hydroxyl groups is 5. The van der Waals surface area contributed by atoms with Gasteiger partial charge in [0.15, 0.2) is 28.8 Å². The second kappa shape index (κ2) is 34.1. The van der Waals surface area contributed by atoms with Crippen molar-refractivity contribution in [3.05, 3.63) is 146 Å². The van der Waals surface area contributed by atoms with Crippen molar-refractivity contribution in [2.75, 3.05) is 13.7 Å². The highest BCUT2D eigenvalue weighted by atomic mass is 35.5. The van der Waals surface area contributed by atoms with E-state index in [4.69, 9.17) is 57.4 Å². The Bertz CT molecular complexity index is 4880. The Balaban J connectivity index is 0.990. The number of fused-ring (bicyclic) bond motifs is 15. The third-order valence-electron chi connectivity index (χ3n) is 23.5. The lowest BCUT2D eigenvalue weighted by molar-refractivity contribution is -0.276. The molecule has 0 spiro atoms. The first-order valence-corrected chi connectivity index (χ1v) is 40.0. The maximum atomic E-state index is 16.5. The quantitative estimate of drug-likeness (QED) is 0.0455. The molecule has 5 unspecified atom stereocenters. The number of benzene rings is 6. The number of nitrogens with two attached hydrogens (primary N) is 1. The minimum absolute atomic E-state index is 0.0193. The monoisotopic (exact) mass is 1650 g/mol. The summed E-state index contributed by atoms with van der Waals surface area (Å²) >= 11 is 14.4. The minimum atomic E-state index is -2.19. The molecule has 4 aliphatic carbocycles. The van der Waals surface area contributed by atoms with Crippen LogP contribution in [0.1, 0.15) is 174 Å². The van der Waals surface area contributed by atoms with Crippen LogP contribution in [0.4, 0.5) is 4.79 Å². The maximum Gasteiger partial charge on any atom is 0.410 e. The standard InChI is InChI=1S/C86H98Cl2N6O23/c1-36(2)16-56(94(9)85(111)117-86(6,7)8)82(109)92-71-59(98)27-48(30-67(89)101)80(107)90-69-47-28-64(113-62-14-11-43(73(71)102)25-54(62)87)79(116-84-77(106)76(105)75(104)66(115-84)35-112-78-38(4)17-37(3)18-39(78)5)65(29-47)114-63-15-12-44(26-55(63)88)74(103)72-83(110)91-70(61(100)33-50-45-20-40-19-41(22-45)23-46(50)21-40)53-31-49(95)32-58(97)68(53)52-24-42(10-13-57(52)96)51(34-60(69)99)81(108)93-72/h10-15,17-18,24-26,28-29,31-32,36,40-41,45-46,48,50-51,56,66,69-77,84,95-97,102-106H,16,19-23,27,30,33-35H2,1-9H3,(H2,89,101)(H,90,107)(H,91,110)(H,92,109)(H,93,108)/t40?,41?,45?,46?,48-,50?,51+,56+,66?,69+,70-,71-,72-,73+,74+,75?,76?,77?,84?/m0/s1. The molecule has 14 N–H and O–H groups in total. The van der Waals surface area contributed by atoms with Gasteiger partial charge in [-0.25, -0.2) is 4.79 Å². The van der Waals surface area contributed by atoms with Gasteiger partial charge in [-0.15, -0.1) is 0 Å². The Hall–Kier alpha value is -10.1. The number of ketones is 3. The first-order chi connectivity index (χ1) is 55.3. The number of phenols is 3. The molecule has 10 aliphatic rings. The molecule has 15 bridgehead atoms. The van der Waals surface area contributed by atoms with Crippen LogP contribution in [0, 0.1) is 62.2 Å². The first kappa shape index (κ1) is 84.8. The van der Waals surface area contributed by atoms with Crippen molar-refractivity contribution in [1.29, 1.82) is 0 Å². The molecule has 0 radical (unpaired) electrons. The molecule has 6 aromatic carbocycles. The lowest BCUT2D eigenvalue weighted by atomic mass is 9.51. The number of carbonyl (C=O) groups is 9. The molecule has 4 saturated carbocycles. The molecule has 6 aliphatic heterocycles. The molecule has 117 heavy (non-hydrogen) atoms. The highest BCUT2D eigenvalue weighted by molar-refractivity contribution is 6.32. The number of likely N-dealkylation sites (N-methyl/N-ethyl adjacent to an activating group) is 1. The van der Waals surface area contributed by atoms with E-state index in [1.165, 1.54) is 49.5 Å². The zero-order chi connectivity index (χ0) is 84.4. The summed E-state index contributed by atoms with van der Waals surface area (Å²) in [6.07, 6.45) is -13.0. The van der Waals surface area contributed by atoms with Gasteiger partial charge >= 0.3 is 6.09 Å². The Kier molecular flexibility index (Phi) is 24.7. The van der Waals surface area contributed by atoms with E-state index < -0.39 is 204 Å². The van der Waals surface area contributed by atoms with E-state index >= 15 is 28.8 Å². The number of nitrogens with zero attached hydrogens (tertiary/aromatic N) is 1. The zero-order valence-corrected chi connectivity index (χ0v) is 67.5. The van der Waals surface area contributed by atoms with Crippen LogP contribution in [0.3, 0.4) is 0 Å². The van der Waals surface area contributed by atoms with E-state index in [2.05, 4.69) is 21.3 Å². The maximum absolute atomic E-state index is 16.5. The van der Waals surface area contributed by atoms with Crippen molar-refractivity contribution in [3.63, 3.8) is 0 Å².